The van der Waals surface area contributed by atoms with E-state index < -0.39 is 18.2 Å². The molecular weight excluding hydrogens is 172 g/mol. The van der Waals surface area contributed by atoms with Crippen LogP contribution in [0, 0.1) is 0 Å². The summed E-state index contributed by atoms with van der Waals surface area (Å²) < 4.78 is 0. The third kappa shape index (κ3) is 2.38. The Labute approximate surface area is 77.8 Å². The highest BCUT2D eigenvalue weighted by Crippen LogP contribution is 2.13. The average Bonchev–Trinajstić information content (AvgIpc) is 2.41. The van der Waals surface area contributed by atoms with Crippen molar-refractivity contribution in [2.45, 2.75) is 31.2 Å². The largest absolute Gasteiger partial charge is 0.395 e. The highest BCUT2D eigenvalue weighted by atomic mass is 16.3. The number of nitrogens with one attached hydrogen (secondary N) is 2. The normalized spacial score (nSPS) is 39.7. The maximum absolute atomic E-state index is 9.52. The number of rotatable bonds is 4. The van der Waals surface area contributed by atoms with Gasteiger partial charge in [-0.3, -0.25) is 0 Å². The van der Waals surface area contributed by atoms with Gasteiger partial charge in [0, 0.05) is 12.6 Å². The van der Waals surface area contributed by atoms with Crippen molar-refractivity contribution in [1.29, 1.82) is 0 Å². The second-order valence-electron chi connectivity index (χ2n) is 3.35. The summed E-state index contributed by atoms with van der Waals surface area (Å²) in [7, 11) is 0. The van der Waals surface area contributed by atoms with E-state index in [-0.39, 0.29) is 12.6 Å². The van der Waals surface area contributed by atoms with Crippen LogP contribution in [-0.4, -0.2) is 59.3 Å². The molecule has 0 spiro atoms. The van der Waals surface area contributed by atoms with Gasteiger partial charge in [-0.1, -0.05) is 6.92 Å². The van der Waals surface area contributed by atoms with Crippen molar-refractivity contribution in [3.63, 3.8) is 0 Å². The minimum absolute atomic E-state index is 0.152. The number of hydrogen-bond acceptors (Lipinski definition) is 5. The molecule has 1 fully saturated rings. The third-order valence-electron chi connectivity index (χ3n) is 2.41. The molecule has 0 bridgehead atoms. The van der Waals surface area contributed by atoms with Gasteiger partial charge in [-0.25, -0.2) is 0 Å². The van der Waals surface area contributed by atoms with Crippen LogP contribution in [0.1, 0.15) is 6.92 Å². The summed E-state index contributed by atoms with van der Waals surface area (Å²) in [5.74, 6) is 0. The van der Waals surface area contributed by atoms with Gasteiger partial charge in [-0.2, -0.15) is 0 Å². The summed E-state index contributed by atoms with van der Waals surface area (Å²) in [5.41, 5.74) is 0. The number of likely N-dealkylation sites (N-methyl/N-ethyl adjacent to an activating group) is 1. The van der Waals surface area contributed by atoms with E-state index >= 15 is 0 Å². The van der Waals surface area contributed by atoms with Crippen molar-refractivity contribution >= 4 is 0 Å². The van der Waals surface area contributed by atoms with E-state index in [1.807, 2.05) is 6.92 Å². The number of hydrogen-bond donors (Lipinski definition) is 5. The maximum Gasteiger partial charge on any atom is 0.0989 e. The molecule has 1 rings (SSSR count). The van der Waals surface area contributed by atoms with Gasteiger partial charge in [0.15, 0.2) is 0 Å². The lowest BCUT2D eigenvalue weighted by molar-refractivity contribution is 0.0198. The summed E-state index contributed by atoms with van der Waals surface area (Å²) in [6.45, 7) is 3.25. The topological polar surface area (TPSA) is 84.8 Å². The molecule has 0 aromatic rings. The first-order chi connectivity index (χ1) is 6.20. The van der Waals surface area contributed by atoms with E-state index in [1.165, 1.54) is 0 Å². The predicted octanol–water partition coefficient (Wildman–Crippen LogP) is -2.35. The van der Waals surface area contributed by atoms with Crippen LogP contribution in [0.4, 0.5) is 0 Å². The Hall–Kier alpha value is -0.200. The Morgan fingerprint density at radius 1 is 1.23 bits per heavy atom. The molecule has 0 aliphatic carbocycles. The van der Waals surface area contributed by atoms with Gasteiger partial charge >= 0.3 is 0 Å². The molecule has 0 aromatic heterocycles. The van der Waals surface area contributed by atoms with Crippen molar-refractivity contribution in [3.05, 3.63) is 0 Å². The second kappa shape index (κ2) is 4.88. The quantitative estimate of drug-likeness (QED) is 0.343. The highest BCUT2D eigenvalue weighted by Gasteiger charge is 2.39. The zero-order valence-corrected chi connectivity index (χ0v) is 7.77. The standard InChI is InChI=1S/C8H18N2O3/c1-2-9-3-5-7(12)8(13)6(4-11)10-5/h5-13H,2-4H2,1H3/t5-,6-,7+,8+/m0/s1. The Morgan fingerprint density at radius 3 is 2.31 bits per heavy atom. The molecule has 0 radical (unpaired) electrons. The molecule has 1 saturated heterocycles. The lowest BCUT2D eigenvalue weighted by Gasteiger charge is -2.15. The monoisotopic (exact) mass is 190 g/mol. The van der Waals surface area contributed by atoms with Crippen LogP contribution in [0.2, 0.25) is 0 Å². The molecule has 0 amide bonds. The molecule has 78 valence electrons. The van der Waals surface area contributed by atoms with Gasteiger partial charge in [0.2, 0.25) is 0 Å². The van der Waals surface area contributed by atoms with E-state index in [0.29, 0.717) is 6.54 Å². The van der Waals surface area contributed by atoms with Crippen LogP contribution in [0.15, 0.2) is 0 Å². The van der Waals surface area contributed by atoms with Crippen molar-refractivity contribution < 1.29 is 15.3 Å². The maximum atomic E-state index is 9.52. The van der Waals surface area contributed by atoms with Crippen molar-refractivity contribution in [2.75, 3.05) is 19.7 Å². The van der Waals surface area contributed by atoms with E-state index in [2.05, 4.69) is 10.6 Å². The molecule has 1 aliphatic heterocycles. The molecule has 4 atom stereocenters. The Kier molecular flexibility index (Phi) is 4.08. The van der Waals surface area contributed by atoms with E-state index in [1.54, 1.807) is 0 Å². The SMILES string of the molecule is CCNC[C@@H]1N[C@@H](CO)[C@@H](O)[C@@H]1O. The number of aliphatic hydroxyl groups is 3. The van der Waals surface area contributed by atoms with Crippen LogP contribution in [0.5, 0.6) is 0 Å². The first-order valence-electron chi connectivity index (χ1n) is 4.64. The molecular formula is C8H18N2O3. The van der Waals surface area contributed by atoms with Crippen LogP contribution in [0.25, 0.3) is 0 Å². The zero-order chi connectivity index (χ0) is 9.84. The summed E-state index contributed by atoms with van der Waals surface area (Å²) in [6.07, 6.45) is -1.66. The highest BCUT2D eigenvalue weighted by molar-refractivity contribution is 4.98. The van der Waals surface area contributed by atoms with Gasteiger partial charge in [-0.05, 0) is 6.54 Å². The van der Waals surface area contributed by atoms with Crippen molar-refractivity contribution in [3.8, 4) is 0 Å². The van der Waals surface area contributed by atoms with Gasteiger partial charge in [0.25, 0.3) is 0 Å². The molecule has 1 heterocycles. The fourth-order valence-electron chi connectivity index (χ4n) is 1.59. The first kappa shape index (κ1) is 10.9. The van der Waals surface area contributed by atoms with Crippen LogP contribution >= 0.6 is 0 Å². The lowest BCUT2D eigenvalue weighted by atomic mass is 10.1. The predicted molar refractivity (Wildman–Crippen MR) is 48.4 cm³/mol. The summed E-state index contributed by atoms with van der Waals surface area (Å²) >= 11 is 0. The Morgan fingerprint density at radius 2 is 1.85 bits per heavy atom. The van der Waals surface area contributed by atoms with E-state index in [0.717, 1.165) is 6.54 Å². The van der Waals surface area contributed by atoms with Gasteiger partial charge in [-0.15, -0.1) is 0 Å². The number of aliphatic hydroxyl groups excluding tert-OH is 3. The van der Waals surface area contributed by atoms with Crippen LogP contribution < -0.4 is 10.6 Å². The van der Waals surface area contributed by atoms with Crippen LogP contribution in [-0.2, 0) is 0 Å². The summed E-state index contributed by atoms with van der Waals surface area (Å²) in [4.78, 5) is 0. The fraction of sp³-hybridized carbons (Fsp3) is 1.00. The minimum Gasteiger partial charge on any atom is -0.395 e. The van der Waals surface area contributed by atoms with Crippen molar-refractivity contribution in [2.24, 2.45) is 0 Å². The molecule has 0 unspecified atom stereocenters. The third-order valence-corrected chi connectivity index (χ3v) is 2.41. The molecule has 13 heavy (non-hydrogen) atoms. The smallest absolute Gasteiger partial charge is 0.0989 e. The second-order valence-corrected chi connectivity index (χ2v) is 3.35. The molecule has 0 saturated carbocycles. The molecule has 1 aliphatic rings. The van der Waals surface area contributed by atoms with Gasteiger partial charge < -0.3 is 26.0 Å². The minimum atomic E-state index is -0.867. The lowest BCUT2D eigenvalue weighted by Crippen LogP contribution is -2.42. The summed E-state index contributed by atoms with van der Waals surface area (Å²) in [5, 5.41) is 33.8. The molecule has 5 N–H and O–H groups in total. The van der Waals surface area contributed by atoms with E-state index in [4.69, 9.17) is 5.11 Å². The Bertz CT molecular complexity index is 156. The van der Waals surface area contributed by atoms with Crippen molar-refractivity contribution in [1.82, 2.24) is 10.6 Å². The summed E-state index contributed by atoms with van der Waals surface area (Å²) in [6, 6.07) is -0.578. The van der Waals surface area contributed by atoms with Gasteiger partial charge in [0.05, 0.1) is 24.9 Å². The molecule has 0 aromatic carbocycles. The van der Waals surface area contributed by atoms with Gasteiger partial charge in [0.1, 0.15) is 0 Å². The van der Waals surface area contributed by atoms with E-state index in [9.17, 15) is 10.2 Å². The molecule has 5 heteroatoms. The average molecular weight is 190 g/mol. The Balaban J connectivity index is 2.40. The molecule has 5 nitrogen and oxygen atoms in total. The fourth-order valence-corrected chi connectivity index (χ4v) is 1.59. The van der Waals surface area contributed by atoms with Crippen LogP contribution in [0.3, 0.4) is 0 Å². The first-order valence-corrected chi connectivity index (χ1v) is 4.64. The zero-order valence-electron chi connectivity index (χ0n) is 7.77.